The molecule has 2 atom stereocenters. The quantitative estimate of drug-likeness (QED) is 0.697. The summed E-state index contributed by atoms with van der Waals surface area (Å²) in [5.41, 5.74) is 0. The molecule has 2 nitrogen and oxygen atoms in total. The molecule has 2 aliphatic rings. The maximum absolute atomic E-state index is 9.60. The molecule has 2 N–H and O–H groups in total. The average Bonchev–Trinajstić information content (AvgIpc) is 2.72. The van der Waals surface area contributed by atoms with E-state index in [1.807, 2.05) is 0 Å². The molecule has 0 aromatic rings. The second-order valence-corrected chi connectivity index (χ2v) is 4.66. The lowest BCUT2D eigenvalue weighted by Gasteiger charge is -2.19. The third kappa shape index (κ3) is 2.44. The first-order chi connectivity index (χ1) is 6.36. The lowest BCUT2D eigenvalue weighted by atomic mass is 10.1. The van der Waals surface area contributed by atoms with Crippen LogP contribution in [0, 0.1) is 5.92 Å². The van der Waals surface area contributed by atoms with E-state index in [0.29, 0.717) is 6.04 Å². The van der Waals surface area contributed by atoms with Gasteiger partial charge in [0, 0.05) is 6.04 Å². The molecule has 0 aliphatic heterocycles. The molecule has 0 heterocycles. The van der Waals surface area contributed by atoms with E-state index >= 15 is 0 Å². The van der Waals surface area contributed by atoms with Crippen molar-refractivity contribution in [3.05, 3.63) is 0 Å². The summed E-state index contributed by atoms with van der Waals surface area (Å²) in [4.78, 5) is 0. The summed E-state index contributed by atoms with van der Waals surface area (Å²) < 4.78 is 0. The smallest absolute Gasteiger partial charge is 0.0693 e. The van der Waals surface area contributed by atoms with Crippen LogP contribution in [0.15, 0.2) is 0 Å². The highest BCUT2D eigenvalue weighted by molar-refractivity contribution is 4.83. The lowest BCUT2D eigenvalue weighted by molar-refractivity contribution is 0.147. The molecule has 2 saturated carbocycles. The van der Waals surface area contributed by atoms with Crippen LogP contribution < -0.4 is 5.32 Å². The van der Waals surface area contributed by atoms with E-state index in [1.54, 1.807) is 0 Å². The molecule has 2 aliphatic carbocycles. The van der Waals surface area contributed by atoms with Crippen LogP contribution in [0.3, 0.4) is 0 Å². The van der Waals surface area contributed by atoms with Gasteiger partial charge in [0.1, 0.15) is 0 Å². The zero-order valence-electron chi connectivity index (χ0n) is 8.34. The van der Waals surface area contributed by atoms with Crippen LogP contribution in [0.2, 0.25) is 0 Å². The van der Waals surface area contributed by atoms with Gasteiger partial charge < -0.3 is 10.4 Å². The molecule has 76 valence electrons. The van der Waals surface area contributed by atoms with Crippen LogP contribution in [-0.4, -0.2) is 23.8 Å². The number of aliphatic hydroxyl groups excluding tert-OH is 1. The Morgan fingerprint density at radius 3 is 2.38 bits per heavy atom. The predicted molar refractivity (Wildman–Crippen MR) is 53.6 cm³/mol. The van der Waals surface area contributed by atoms with Crippen LogP contribution in [0.1, 0.15) is 44.9 Å². The maximum Gasteiger partial charge on any atom is 0.0693 e. The first kappa shape index (κ1) is 9.47. The largest absolute Gasteiger partial charge is 0.392 e. The second-order valence-electron chi connectivity index (χ2n) is 4.66. The summed E-state index contributed by atoms with van der Waals surface area (Å²) in [6, 6.07) is 0.403. The van der Waals surface area contributed by atoms with Crippen molar-refractivity contribution in [2.24, 2.45) is 5.92 Å². The summed E-state index contributed by atoms with van der Waals surface area (Å²) in [5, 5.41) is 13.1. The van der Waals surface area contributed by atoms with Gasteiger partial charge in [-0.25, -0.2) is 0 Å². The van der Waals surface area contributed by atoms with Gasteiger partial charge in [-0.3, -0.25) is 0 Å². The Balaban J connectivity index is 1.66. The molecule has 13 heavy (non-hydrogen) atoms. The number of nitrogens with one attached hydrogen (secondary N) is 1. The predicted octanol–water partition coefficient (Wildman–Crippen LogP) is 1.68. The molecule has 0 amide bonds. The normalized spacial score (nSPS) is 35.8. The summed E-state index contributed by atoms with van der Waals surface area (Å²) in [5.74, 6) is 0.896. The Kier molecular flexibility index (Phi) is 3.23. The highest BCUT2D eigenvalue weighted by Crippen LogP contribution is 2.25. The minimum absolute atomic E-state index is 0.0681. The number of aliphatic hydroxyl groups is 1. The fraction of sp³-hybridized carbons (Fsp3) is 1.00. The van der Waals surface area contributed by atoms with Gasteiger partial charge in [-0.2, -0.15) is 0 Å². The number of hydrogen-bond donors (Lipinski definition) is 2. The van der Waals surface area contributed by atoms with Gasteiger partial charge >= 0.3 is 0 Å². The van der Waals surface area contributed by atoms with Crippen LogP contribution in [0.4, 0.5) is 0 Å². The molecular formula is C11H21NO. The van der Waals surface area contributed by atoms with Gasteiger partial charge in [0.05, 0.1) is 6.10 Å². The van der Waals surface area contributed by atoms with Crippen LogP contribution in [0.25, 0.3) is 0 Å². The van der Waals surface area contributed by atoms with E-state index in [9.17, 15) is 5.11 Å². The lowest BCUT2D eigenvalue weighted by Crippen LogP contribution is -2.38. The number of hydrogen-bond acceptors (Lipinski definition) is 2. The van der Waals surface area contributed by atoms with Crippen LogP contribution >= 0.6 is 0 Å². The molecule has 2 heteroatoms. The SMILES string of the molecule is O[C@H]1CCC[C@@H]1NCC1CCCC1. The van der Waals surface area contributed by atoms with Crippen molar-refractivity contribution in [2.75, 3.05) is 6.54 Å². The van der Waals surface area contributed by atoms with Crippen LogP contribution in [-0.2, 0) is 0 Å². The number of rotatable bonds is 3. The van der Waals surface area contributed by atoms with Crippen molar-refractivity contribution in [3.8, 4) is 0 Å². The first-order valence-electron chi connectivity index (χ1n) is 5.78. The molecule has 0 bridgehead atoms. The highest BCUT2D eigenvalue weighted by Gasteiger charge is 2.25. The zero-order valence-corrected chi connectivity index (χ0v) is 8.34. The standard InChI is InChI=1S/C11H21NO/c13-11-7-3-6-10(11)12-8-9-4-1-2-5-9/h9-13H,1-8H2/t10-,11-/m0/s1. The Bertz CT molecular complexity index is 154. The topological polar surface area (TPSA) is 32.3 Å². The minimum atomic E-state index is -0.0681. The Morgan fingerprint density at radius 2 is 1.77 bits per heavy atom. The van der Waals surface area contributed by atoms with E-state index in [0.717, 1.165) is 18.9 Å². The highest BCUT2D eigenvalue weighted by atomic mass is 16.3. The van der Waals surface area contributed by atoms with E-state index < -0.39 is 0 Å². The molecular weight excluding hydrogens is 162 g/mol. The van der Waals surface area contributed by atoms with Gasteiger partial charge in [-0.05, 0) is 44.6 Å². The van der Waals surface area contributed by atoms with Gasteiger partial charge in [-0.15, -0.1) is 0 Å². The third-order valence-corrected chi connectivity index (χ3v) is 3.62. The second kappa shape index (κ2) is 4.43. The van der Waals surface area contributed by atoms with E-state index in [-0.39, 0.29) is 6.10 Å². The summed E-state index contributed by atoms with van der Waals surface area (Å²) >= 11 is 0. The summed E-state index contributed by atoms with van der Waals surface area (Å²) in [7, 11) is 0. The molecule has 0 spiro atoms. The van der Waals surface area contributed by atoms with Crippen molar-refractivity contribution < 1.29 is 5.11 Å². The van der Waals surface area contributed by atoms with Crippen molar-refractivity contribution in [1.29, 1.82) is 0 Å². The van der Waals surface area contributed by atoms with E-state index in [2.05, 4.69) is 5.32 Å². The molecule has 0 saturated heterocycles. The minimum Gasteiger partial charge on any atom is -0.392 e. The van der Waals surface area contributed by atoms with Crippen molar-refractivity contribution in [2.45, 2.75) is 57.1 Å². The van der Waals surface area contributed by atoms with E-state index in [1.165, 1.54) is 38.5 Å². The van der Waals surface area contributed by atoms with E-state index in [4.69, 9.17) is 0 Å². The first-order valence-corrected chi connectivity index (χ1v) is 5.78. The molecule has 0 radical (unpaired) electrons. The molecule has 0 aromatic heterocycles. The summed E-state index contributed by atoms with van der Waals surface area (Å²) in [6.07, 6.45) is 8.94. The van der Waals surface area contributed by atoms with Crippen molar-refractivity contribution >= 4 is 0 Å². The van der Waals surface area contributed by atoms with Gasteiger partial charge in [0.25, 0.3) is 0 Å². The van der Waals surface area contributed by atoms with Crippen LogP contribution in [0.5, 0.6) is 0 Å². The summed E-state index contributed by atoms with van der Waals surface area (Å²) in [6.45, 7) is 1.14. The molecule has 0 aromatic carbocycles. The Morgan fingerprint density at radius 1 is 1.00 bits per heavy atom. The maximum atomic E-state index is 9.60. The van der Waals surface area contributed by atoms with Gasteiger partial charge in [-0.1, -0.05) is 12.8 Å². The average molecular weight is 183 g/mol. The van der Waals surface area contributed by atoms with Crippen molar-refractivity contribution in [3.63, 3.8) is 0 Å². The molecule has 2 rings (SSSR count). The van der Waals surface area contributed by atoms with Crippen molar-refractivity contribution in [1.82, 2.24) is 5.32 Å². The fourth-order valence-electron chi connectivity index (χ4n) is 2.71. The molecule has 2 fully saturated rings. The third-order valence-electron chi connectivity index (χ3n) is 3.62. The zero-order chi connectivity index (χ0) is 9.10. The monoisotopic (exact) mass is 183 g/mol. The van der Waals surface area contributed by atoms with Gasteiger partial charge in [0.15, 0.2) is 0 Å². The fourth-order valence-corrected chi connectivity index (χ4v) is 2.71. The van der Waals surface area contributed by atoms with Gasteiger partial charge in [0.2, 0.25) is 0 Å². The Hall–Kier alpha value is -0.0800. The Labute approximate surface area is 80.7 Å². The molecule has 0 unspecified atom stereocenters.